The highest BCUT2D eigenvalue weighted by Gasteiger charge is 2.15. The van der Waals surface area contributed by atoms with Crippen LogP contribution in [0.15, 0.2) is 97.1 Å². The standard InChI is InChI=1S/C32H36N2O4S/c1-5-24(2)37-29-13-9-14-30(21-29)38-28-19-17-27(18-20-28)23-34(22-26-11-7-6-8-12-26)32-16-10-15-31(25(32)3)33-39(4,35)36/h6-21,24,33H,5,22-23H2,1-4H3. The molecule has 4 aromatic carbocycles. The predicted octanol–water partition coefficient (Wildman–Crippen LogP) is 7.54. The first-order valence-electron chi connectivity index (χ1n) is 13.1. The van der Waals surface area contributed by atoms with Gasteiger partial charge in [-0.05, 0) is 73.4 Å². The van der Waals surface area contributed by atoms with Crippen molar-refractivity contribution in [1.29, 1.82) is 0 Å². The van der Waals surface area contributed by atoms with Crippen LogP contribution in [0, 0.1) is 6.92 Å². The Balaban J connectivity index is 1.54. The summed E-state index contributed by atoms with van der Waals surface area (Å²) in [6.45, 7) is 7.39. The Kier molecular flexibility index (Phi) is 9.15. The van der Waals surface area contributed by atoms with Gasteiger partial charge in [0.2, 0.25) is 10.0 Å². The summed E-state index contributed by atoms with van der Waals surface area (Å²) in [6, 6.07) is 31.7. The Morgan fingerprint density at radius 1 is 0.795 bits per heavy atom. The zero-order valence-electron chi connectivity index (χ0n) is 22.9. The molecule has 0 aliphatic rings. The lowest BCUT2D eigenvalue weighted by Crippen LogP contribution is -2.23. The van der Waals surface area contributed by atoms with Gasteiger partial charge in [0.15, 0.2) is 0 Å². The summed E-state index contributed by atoms with van der Waals surface area (Å²) in [5.41, 5.74) is 4.69. The normalized spacial score (nSPS) is 12.0. The Hall–Kier alpha value is -3.97. The molecule has 0 fully saturated rings. The molecule has 4 rings (SSSR count). The number of anilines is 2. The summed E-state index contributed by atoms with van der Waals surface area (Å²) in [7, 11) is -3.39. The van der Waals surface area contributed by atoms with E-state index in [2.05, 4.69) is 40.8 Å². The number of hydrogen-bond acceptors (Lipinski definition) is 5. The van der Waals surface area contributed by atoms with Crippen molar-refractivity contribution in [2.45, 2.75) is 46.4 Å². The zero-order valence-corrected chi connectivity index (χ0v) is 23.7. The molecule has 39 heavy (non-hydrogen) atoms. The smallest absolute Gasteiger partial charge is 0.229 e. The van der Waals surface area contributed by atoms with Gasteiger partial charge in [0.1, 0.15) is 17.2 Å². The quantitative estimate of drug-likeness (QED) is 0.200. The van der Waals surface area contributed by atoms with Crippen LogP contribution in [0.25, 0.3) is 0 Å². The molecule has 0 radical (unpaired) electrons. The predicted molar refractivity (Wildman–Crippen MR) is 159 cm³/mol. The lowest BCUT2D eigenvalue weighted by Gasteiger charge is -2.28. The Morgan fingerprint density at radius 3 is 2.10 bits per heavy atom. The van der Waals surface area contributed by atoms with E-state index < -0.39 is 10.0 Å². The van der Waals surface area contributed by atoms with Crippen molar-refractivity contribution in [1.82, 2.24) is 0 Å². The minimum Gasteiger partial charge on any atom is -0.491 e. The van der Waals surface area contributed by atoms with Crippen LogP contribution in [0.1, 0.15) is 37.0 Å². The molecule has 0 spiro atoms. The first-order valence-corrected chi connectivity index (χ1v) is 15.0. The number of hydrogen-bond donors (Lipinski definition) is 1. The molecular weight excluding hydrogens is 508 g/mol. The Bertz CT molecular complexity index is 1470. The molecule has 0 bridgehead atoms. The molecule has 1 atom stereocenters. The summed E-state index contributed by atoms with van der Waals surface area (Å²) in [5.74, 6) is 2.25. The van der Waals surface area contributed by atoms with Gasteiger partial charge in [-0.3, -0.25) is 4.72 Å². The number of nitrogens with one attached hydrogen (secondary N) is 1. The van der Waals surface area contributed by atoms with Crippen LogP contribution < -0.4 is 19.1 Å². The average molecular weight is 545 g/mol. The van der Waals surface area contributed by atoms with E-state index in [0.29, 0.717) is 18.8 Å². The van der Waals surface area contributed by atoms with Gasteiger partial charge in [-0.1, -0.05) is 61.5 Å². The SMILES string of the molecule is CCC(C)Oc1cccc(Oc2ccc(CN(Cc3ccccc3)c3cccc(NS(C)(=O)=O)c3C)cc2)c1. The molecule has 6 nitrogen and oxygen atoms in total. The minimum absolute atomic E-state index is 0.143. The fourth-order valence-electron chi connectivity index (χ4n) is 4.25. The van der Waals surface area contributed by atoms with Crippen LogP contribution >= 0.6 is 0 Å². The molecule has 204 valence electrons. The van der Waals surface area contributed by atoms with Gasteiger partial charge >= 0.3 is 0 Å². The van der Waals surface area contributed by atoms with Crippen LogP contribution in [0.4, 0.5) is 11.4 Å². The molecule has 0 heterocycles. The largest absolute Gasteiger partial charge is 0.491 e. The maximum Gasteiger partial charge on any atom is 0.229 e. The number of sulfonamides is 1. The van der Waals surface area contributed by atoms with Crippen molar-refractivity contribution < 1.29 is 17.9 Å². The highest BCUT2D eigenvalue weighted by molar-refractivity contribution is 7.92. The highest BCUT2D eigenvalue weighted by Crippen LogP contribution is 2.31. The van der Waals surface area contributed by atoms with E-state index in [1.165, 1.54) is 6.26 Å². The fourth-order valence-corrected chi connectivity index (χ4v) is 4.87. The molecule has 1 N–H and O–H groups in total. The van der Waals surface area contributed by atoms with Gasteiger partial charge in [-0.2, -0.15) is 0 Å². The summed E-state index contributed by atoms with van der Waals surface area (Å²) >= 11 is 0. The average Bonchev–Trinajstić information content (AvgIpc) is 2.91. The van der Waals surface area contributed by atoms with Gasteiger partial charge in [-0.25, -0.2) is 8.42 Å². The van der Waals surface area contributed by atoms with E-state index in [4.69, 9.17) is 9.47 Å². The summed E-state index contributed by atoms with van der Waals surface area (Å²) < 4.78 is 38.5. The second kappa shape index (κ2) is 12.7. The van der Waals surface area contributed by atoms with Gasteiger partial charge in [0, 0.05) is 24.8 Å². The van der Waals surface area contributed by atoms with Crippen LogP contribution in [0.5, 0.6) is 17.2 Å². The Morgan fingerprint density at radius 2 is 1.44 bits per heavy atom. The molecule has 1 unspecified atom stereocenters. The Labute approximate surface area is 232 Å². The maximum absolute atomic E-state index is 11.9. The van der Waals surface area contributed by atoms with Gasteiger partial charge in [-0.15, -0.1) is 0 Å². The van der Waals surface area contributed by atoms with Crippen molar-refractivity contribution in [3.8, 4) is 17.2 Å². The molecular formula is C32H36N2O4S. The molecule has 0 saturated carbocycles. The van der Waals surface area contributed by atoms with E-state index >= 15 is 0 Å². The number of benzene rings is 4. The molecule has 0 aliphatic carbocycles. The molecule has 0 saturated heterocycles. The van der Waals surface area contributed by atoms with Gasteiger partial charge < -0.3 is 14.4 Å². The number of rotatable bonds is 12. The van der Waals surface area contributed by atoms with Crippen molar-refractivity contribution in [2.24, 2.45) is 0 Å². The summed E-state index contributed by atoms with van der Waals surface area (Å²) in [5, 5.41) is 0. The van der Waals surface area contributed by atoms with Crippen molar-refractivity contribution in [3.63, 3.8) is 0 Å². The van der Waals surface area contributed by atoms with Gasteiger partial charge in [0.05, 0.1) is 18.0 Å². The lowest BCUT2D eigenvalue weighted by molar-refractivity contribution is 0.217. The van der Waals surface area contributed by atoms with E-state index in [0.717, 1.165) is 46.0 Å². The molecule has 4 aromatic rings. The topological polar surface area (TPSA) is 67.9 Å². The van der Waals surface area contributed by atoms with Gasteiger partial charge in [0.25, 0.3) is 0 Å². The van der Waals surface area contributed by atoms with Crippen LogP contribution in [0.2, 0.25) is 0 Å². The second-order valence-corrected chi connectivity index (χ2v) is 11.5. The van der Waals surface area contributed by atoms with Crippen LogP contribution in [-0.2, 0) is 23.1 Å². The first kappa shape index (κ1) is 28.0. The first-order chi connectivity index (χ1) is 18.7. The third kappa shape index (κ3) is 8.26. The van der Waals surface area contributed by atoms with Crippen molar-refractivity contribution in [2.75, 3.05) is 15.9 Å². The highest BCUT2D eigenvalue weighted by atomic mass is 32.2. The van der Waals surface area contributed by atoms with E-state index in [1.807, 2.05) is 80.6 Å². The van der Waals surface area contributed by atoms with Crippen molar-refractivity contribution >= 4 is 21.4 Å². The van der Waals surface area contributed by atoms with E-state index in [-0.39, 0.29) is 6.10 Å². The lowest BCUT2D eigenvalue weighted by atomic mass is 10.1. The number of nitrogens with zero attached hydrogens (tertiary/aromatic N) is 1. The van der Waals surface area contributed by atoms with E-state index in [9.17, 15) is 8.42 Å². The monoisotopic (exact) mass is 544 g/mol. The zero-order chi connectivity index (χ0) is 27.8. The molecule has 0 aliphatic heterocycles. The fraction of sp³-hybridized carbons (Fsp3) is 0.250. The number of ether oxygens (including phenoxy) is 2. The third-order valence-electron chi connectivity index (χ3n) is 6.41. The third-order valence-corrected chi connectivity index (χ3v) is 7.00. The summed E-state index contributed by atoms with van der Waals surface area (Å²) in [6.07, 6.45) is 2.25. The second-order valence-electron chi connectivity index (χ2n) is 9.72. The van der Waals surface area contributed by atoms with Crippen LogP contribution in [-0.4, -0.2) is 20.8 Å². The van der Waals surface area contributed by atoms with Crippen molar-refractivity contribution in [3.05, 3.63) is 114 Å². The molecule has 0 amide bonds. The molecule has 0 aromatic heterocycles. The van der Waals surface area contributed by atoms with E-state index in [1.54, 1.807) is 6.07 Å². The van der Waals surface area contributed by atoms with Crippen LogP contribution in [0.3, 0.4) is 0 Å². The maximum atomic E-state index is 11.9. The minimum atomic E-state index is -3.39. The summed E-state index contributed by atoms with van der Waals surface area (Å²) in [4.78, 5) is 2.25. The molecule has 7 heteroatoms.